The Morgan fingerprint density at radius 2 is 2.32 bits per heavy atom. The summed E-state index contributed by atoms with van der Waals surface area (Å²) in [7, 11) is 1.68. The van der Waals surface area contributed by atoms with E-state index >= 15 is 0 Å². The van der Waals surface area contributed by atoms with E-state index in [1.54, 1.807) is 37.5 Å². The molecule has 2 aromatic rings. The molecule has 1 heterocycles. The molecule has 0 amide bonds. The third kappa shape index (κ3) is 4.61. The van der Waals surface area contributed by atoms with Gasteiger partial charge in [-0.15, -0.1) is 0 Å². The molecule has 0 aliphatic carbocycles. The minimum atomic E-state index is -0.704. The number of halogens is 2. The van der Waals surface area contributed by atoms with Gasteiger partial charge in [0.2, 0.25) is 11.1 Å². The lowest BCUT2D eigenvalue weighted by Crippen LogP contribution is -2.28. The van der Waals surface area contributed by atoms with Gasteiger partial charge in [-0.25, -0.2) is 4.98 Å². The number of rotatable bonds is 4. The minimum absolute atomic E-state index is 0.0982. The van der Waals surface area contributed by atoms with Crippen LogP contribution in [0.3, 0.4) is 0 Å². The molecule has 0 atom stereocenters. The van der Waals surface area contributed by atoms with Crippen molar-refractivity contribution in [2.75, 3.05) is 7.05 Å². The first-order valence-electron chi connectivity index (χ1n) is 6.05. The van der Waals surface area contributed by atoms with Gasteiger partial charge in [0.1, 0.15) is 5.75 Å². The maximum atomic E-state index is 13.5. The summed E-state index contributed by atoms with van der Waals surface area (Å²) in [5, 5.41) is 6.95. The van der Waals surface area contributed by atoms with Gasteiger partial charge in [-0.1, -0.05) is 12.1 Å². The van der Waals surface area contributed by atoms with Gasteiger partial charge in [0.05, 0.1) is 12.4 Å². The molecule has 0 spiro atoms. The van der Waals surface area contributed by atoms with E-state index in [9.17, 15) is 4.39 Å². The van der Waals surface area contributed by atoms with Crippen molar-refractivity contribution >= 4 is 35.1 Å². The van der Waals surface area contributed by atoms with Crippen molar-refractivity contribution in [3.8, 4) is 11.6 Å². The molecule has 0 saturated heterocycles. The summed E-state index contributed by atoms with van der Waals surface area (Å²) in [6, 6.07) is 6.83. The van der Waals surface area contributed by atoms with Crippen LogP contribution in [0.1, 0.15) is 5.56 Å². The van der Waals surface area contributed by atoms with Gasteiger partial charge >= 0.3 is 0 Å². The smallest absolute Gasteiger partial charge is 0.260 e. The highest BCUT2D eigenvalue weighted by Gasteiger charge is 2.08. The Hall–Kier alpha value is -2.32. The van der Waals surface area contributed by atoms with Gasteiger partial charge in [-0.2, -0.15) is 14.5 Å². The maximum absolute atomic E-state index is 13.5. The fourth-order valence-electron chi connectivity index (χ4n) is 1.39. The molecule has 1 aromatic carbocycles. The topological polar surface area (TPSA) is 71.4 Å². The molecule has 0 aliphatic rings. The first-order valence-corrected chi connectivity index (χ1v) is 6.84. The van der Waals surface area contributed by atoms with Crippen molar-refractivity contribution in [1.82, 2.24) is 20.7 Å². The molecule has 0 saturated carbocycles. The van der Waals surface area contributed by atoms with Crippen LogP contribution >= 0.6 is 23.8 Å². The van der Waals surface area contributed by atoms with E-state index in [4.69, 9.17) is 28.6 Å². The van der Waals surface area contributed by atoms with Crippen molar-refractivity contribution < 1.29 is 9.13 Å². The number of aromatic nitrogens is 2. The van der Waals surface area contributed by atoms with Crippen LogP contribution in [0.25, 0.3) is 0 Å². The molecule has 9 heteroatoms. The summed E-state index contributed by atoms with van der Waals surface area (Å²) in [6.45, 7) is 0. The average Bonchev–Trinajstić information content (AvgIpc) is 2.51. The van der Waals surface area contributed by atoms with Crippen LogP contribution in [0.2, 0.25) is 5.28 Å². The first-order chi connectivity index (χ1) is 10.6. The second-order valence-corrected chi connectivity index (χ2v) is 4.66. The van der Waals surface area contributed by atoms with Crippen molar-refractivity contribution in [2.45, 2.75) is 0 Å². The van der Waals surface area contributed by atoms with E-state index in [-0.39, 0.29) is 11.2 Å². The molecular formula is C13H11ClFN5OS. The van der Waals surface area contributed by atoms with Crippen molar-refractivity contribution in [1.29, 1.82) is 0 Å². The van der Waals surface area contributed by atoms with E-state index < -0.39 is 5.82 Å². The Balaban J connectivity index is 2.11. The SMILES string of the molecule is CNC(=S)N/N=C\c1cccc(Oc2nc(Cl)ncc2F)c1. The van der Waals surface area contributed by atoms with Crippen LogP contribution in [-0.2, 0) is 0 Å². The molecule has 2 N–H and O–H groups in total. The summed E-state index contributed by atoms with van der Waals surface area (Å²) in [6.07, 6.45) is 2.48. The van der Waals surface area contributed by atoms with Crippen LogP contribution in [0.5, 0.6) is 11.6 Å². The lowest BCUT2D eigenvalue weighted by atomic mass is 10.2. The Morgan fingerprint density at radius 1 is 1.50 bits per heavy atom. The zero-order chi connectivity index (χ0) is 15.9. The molecule has 0 bridgehead atoms. The Morgan fingerprint density at radius 3 is 3.09 bits per heavy atom. The summed E-state index contributed by atoms with van der Waals surface area (Å²) >= 11 is 10.5. The molecule has 22 heavy (non-hydrogen) atoms. The number of hydrogen-bond donors (Lipinski definition) is 2. The second kappa shape index (κ2) is 7.62. The lowest BCUT2D eigenvalue weighted by molar-refractivity contribution is 0.420. The Bertz CT molecular complexity index is 713. The summed E-state index contributed by atoms with van der Waals surface area (Å²) < 4.78 is 18.9. The second-order valence-electron chi connectivity index (χ2n) is 3.92. The standard InChI is InChI=1S/C13H11ClFN5OS/c1-16-13(22)20-18-6-8-3-2-4-9(5-8)21-11-10(15)7-17-12(14)19-11/h2-7H,1H3,(H2,16,20,22)/b18-6-. The van der Waals surface area contributed by atoms with Crippen LogP contribution in [-0.4, -0.2) is 28.3 Å². The average molecular weight is 340 g/mol. The number of ether oxygens (including phenoxy) is 1. The highest BCUT2D eigenvalue weighted by Crippen LogP contribution is 2.23. The molecule has 2 rings (SSSR count). The number of nitrogens with one attached hydrogen (secondary N) is 2. The number of benzene rings is 1. The highest BCUT2D eigenvalue weighted by atomic mass is 35.5. The molecule has 6 nitrogen and oxygen atoms in total. The van der Waals surface area contributed by atoms with Crippen LogP contribution in [0, 0.1) is 5.82 Å². The molecule has 0 unspecified atom stereocenters. The van der Waals surface area contributed by atoms with E-state index in [2.05, 4.69) is 25.8 Å². The van der Waals surface area contributed by atoms with Crippen molar-refractivity contribution in [3.05, 3.63) is 47.1 Å². The van der Waals surface area contributed by atoms with Crippen LogP contribution in [0.15, 0.2) is 35.6 Å². The number of hydrogen-bond acceptors (Lipinski definition) is 5. The highest BCUT2D eigenvalue weighted by molar-refractivity contribution is 7.80. The fraction of sp³-hybridized carbons (Fsp3) is 0.0769. The summed E-state index contributed by atoms with van der Waals surface area (Å²) in [5.41, 5.74) is 3.34. The summed E-state index contributed by atoms with van der Waals surface area (Å²) in [4.78, 5) is 7.20. The van der Waals surface area contributed by atoms with Gasteiger partial charge in [0.25, 0.3) is 5.88 Å². The normalized spacial score (nSPS) is 10.5. The summed E-state index contributed by atoms with van der Waals surface area (Å²) in [5.74, 6) is -0.568. The molecule has 0 aliphatic heterocycles. The van der Waals surface area contributed by atoms with Crippen molar-refractivity contribution in [2.24, 2.45) is 5.10 Å². The van der Waals surface area contributed by atoms with Crippen LogP contribution in [0.4, 0.5) is 4.39 Å². The quantitative estimate of drug-likeness (QED) is 0.386. The third-order valence-electron chi connectivity index (χ3n) is 2.36. The number of thiocarbonyl (C=S) groups is 1. The van der Waals surface area contributed by atoms with Gasteiger partial charge in [0, 0.05) is 7.05 Å². The van der Waals surface area contributed by atoms with Crippen LogP contribution < -0.4 is 15.5 Å². The van der Waals surface area contributed by atoms with E-state index in [1.807, 2.05) is 0 Å². The first kappa shape index (κ1) is 16.1. The monoisotopic (exact) mass is 339 g/mol. The number of nitrogens with zero attached hydrogens (tertiary/aromatic N) is 3. The third-order valence-corrected chi connectivity index (χ3v) is 2.84. The van der Waals surface area contributed by atoms with E-state index in [0.29, 0.717) is 10.9 Å². The zero-order valence-corrected chi connectivity index (χ0v) is 13.0. The fourth-order valence-corrected chi connectivity index (χ4v) is 1.57. The maximum Gasteiger partial charge on any atom is 0.260 e. The molecule has 1 aromatic heterocycles. The lowest BCUT2D eigenvalue weighted by Gasteiger charge is -2.06. The largest absolute Gasteiger partial charge is 0.436 e. The Labute approximate surface area is 136 Å². The van der Waals surface area contributed by atoms with Gasteiger partial charge in [-0.3, -0.25) is 5.43 Å². The zero-order valence-electron chi connectivity index (χ0n) is 11.4. The minimum Gasteiger partial charge on any atom is -0.436 e. The van der Waals surface area contributed by atoms with Crippen molar-refractivity contribution in [3.63, 3.8) is 0 Å². The molecule has 0 radical (unpaired) electrons. The predicted octanol–water partition coefficient (Wildman–Crippen LogP) is 2.49. The Kier molecular flexibility index (Phi) is 5.56. The molecule has 114 valence electrons. The van der Waals surface area contributed by atoms with Gasteiger partial charge in [0.15, 0.2) is 5.11 Å². The molecular weight excluding hydrogens is 329 g/mol. The van der Waals surface area contributed by atoms with E-state index in [1.165, 1.54) is 0 Å². The number of hydrazone groups is 1. The molecule has 0 fully saturated rings. The van der Waals surface area contributed by atoms with E-state index in [0.717, 1.165) is 11.8 Å². The van der Waals surface area contributed by atoms with Gasteiger partial charge < -0.3 is 10.1 Å². The van der Waals surface area contributed by atoms with Gasteiger partial charge in [-0.05, 0) is 41.5 Å². The predicted molar refractivity (Wildman–Crippen MR) is 85.9 cm³/mol.